The summed E-state index contributed by atoms with van der Waals surface area (Å²) in [6.07, 6.45) is 0. The lowest BCUT2D eigenvalue weighted by Gasteiger charge is -2.08. The number of nitrogens with two attached hydrogens (primary N) is 1. The zero-order chi connectivity index (χ0) is 15.5. The molecule has 0 atom stereocenters. The number of anilines is 2. The average molecular weight is 326 g/mol. The summed E-state index contributed by atoms with van der Waals surface area (Å²) in [7, 11) is -3.71. The Morgan fingerprint density at radius 1 is 1.38 bits per heavy atom. The lowest BCUT2D eigenvalue weighted by molar-refractivity contribution is 0.0526. The molecule has 0 saturated heterocycles. The molecule has 2 aromatic rings. The number of esters is 1. The maximum Gasteiger partial charge on any atom is 0.338 e. The first-order chi connectivity index (χ1) is 9.92. The summed E-state index contributed by atoms with van der Waals surface area (Å²) in [5, 5.41) is 1.55. The smallest absolute Gasteiger partial charge is 0.338 e. The molecule has 0 radical (unpaired) electrons. The third-order valence-electron chi connectivity index (χ3n) is 2.49. The van der Waals surface area contributed by atoms with Crippen LogP contribution in [0.15, 0.2) is 39.9 Å². The second kappa shape index (κ2) is 6.15. The number of hydrogen-bond donors (Lipinski definition) is 2. The molecule has 2 rings (SSSR count). The molecule has 0 unspecified atom stereocenters. The van der Waals surface area contributed by atoms with Crippen molar-refractivity contribution in [3.8, 4) is 0 Å². The van der Waals surface area contributed by atoms with E-state index in [1.54, 1.807) is 30.5 Å². The normalized spacial score (nSPS) is 11.1. The Balaban J connectivity index is 2.24. The zero-order valence-corrected chi connectivity index (χ0v) is 12.8. The van der Waals surface area contributed by atoms with Gasteiger partial charge in [-0.1, -0.05) is 6.07 Å². The van der Waals surface area contributed by atoms with Crippen molar-refractivity contribution in [2.45, 2.75) is 11.1 Å². The third kappa shape index (κ3) is 3.73. The van der Waals surface area contributed by atoms with Gasteiger partial charge < -0.3 is 10.5 Å². The minimum absolute atomic E-state index is 0.113. The molecule has 112 valence electrons. The Morgan fingerprint density at radius 3 is 2.76 bits per heavy atom. The molecule has 0 bridgehead atoms. The zero-order valence-electron chi connectivity index (χ0n) is 11.2. The van der Waals surface area contributed by atoms with Crippen molar-refractivity contribution in [1.82, 2.24) is 0 Å². The molecule has 1 aromatic carbocycles. The van der Waals surface area contributed by atoms with Crippen LogP contribution >= 0.6 is 11.3 Å². The van der Waals surface area contributed by atoms with Crippen molar-refractivity contribution in [1.29, 1.82) is 0 Å². The van der Waals surface area contributed by atoms with Crippen LogP contribution in [0.1, 0.15) is 17.3 Å². The molecule has 21 heavy (non-hydrogen) atoms. The van der Waals surface area contributed by atoms with Crippen molar-refractivity contribution in [3.05, 3.63) is 41.3 Å². The Labute approximate surface area is 126 Å². The SMILES string of the molecule is CCOC(=O)c1cccc(NS(=O)(=O)c2cc(N)cs2)c1. The molecule has 1 heterocycles. The highest BCUT2D eigenvalue weighted by molar-refractivity contribution is 7.94. The number of ether oxygens (including phenoxy) is 1. The number of benzene rings is 1. The Morgan fingerprint density at radius 2 is 2.14 bits per heavy atom. The Bertz CT molecular complexity index is 753. The van der Waals surface area contributed by atoms with Gasteiger partial charge in [0, 0.05) is 16.8 Å². The monoisotopic (exact) mass is 326 g/mol. The highest BCUT2D eigenvalue weighted by Crippen LogP contribution is 2.24. The second-order valence-corrected chi connectivity index (χ2v) is 6.93. The fourth-order valence-corrected chi connectivity index (χ4v) is 3.73. The number of rotatable bonds is 5. The van der Waals surface area contributed by atoms with Gasteiger partial charge in [0.05, 0.1) is 12.2 Å². The molecule has 0 aliphatic heterocycles. The lowest BCUT2D eigenvalue weighted by Crippen LogP contribution is -2.12. The number of carbonyl (C=O) groups is 1. The van der Waals surface area contributed by atoms with Gasteiger partial charge in [0.2, 0.25) is 0 Å². The number of nitrogen functional groups attached to an aromatic ring is 1. The van der Waals surface area contributed by atoms with Gasteiger partial charge in [0.15, 0.2) is 0 Å². The van der Waals surface area contributed by atoms with Crippen LogP contribution in [0.3, 0.4) is 0 Å². The predicted molar refractivity (Wildman–Crippen MR) is 81.9 cm³/mol. The number of carbonyl (C=O) groups excluding carboxylic acids is 1. The van der Waals surface area contributed by atoms with E-state index in [2.05, 4.69) is 4.72 Å². The predicted octanol–water partition coefficient (Wildman–Crippen LogP) is 2.31. The van der Waals surface area contributed by atoms with Crippen molar-refractivity contribution < 1.29 is 17.9 Å². The van der Waals surface area contributed by atoms with Crippen LogP contribution in [0, 0.1) is 0 Å². The van der Waals surface area contributed by atoms with Gasteiger partial charge in [-0.3, -0.25) is 4.72 Å². The Hall–Kier alpha value is -2.06. The van der Waals surface area contributed by atoms with E-state index in [0.717, 1.165) is 11.3 Å². The molecule has 0 aliphatic carbocycles. The van der Waals surface area contributed by atoms with Gasteiger partial charge in [-0.05, 0) is 31.2 Å². The van der Waals surface area contributed by atoms with Gasteiger partial charge in [-0.25, -0.2) is 13.2 Å². The lowest BCUT2D eigenvalue weighted by atomic mass is 10.2. The van der Waals surface area contributed by atoms with Gasteiger partial charge in [-0.15, -0.1) is 11.3 Å². The number of thiophene rings is 1. The minimum Gasteiger partial charge on any atom is -0.462 e. The maximum absolute atomic E-state index is 12.1. The van der Waals surface area contributed by atoms with Crippen LogP contribution in [0.2, 0.25) is 0 Å². The van der Waals surface area contributed by atoms with Crippen molar-refractivity contribution >= 4 is 38.7 Å². The average Bonchev–Trinajstić information content (AvgIpc) is 2.86. The van der Waals surface area contributed by atoms with Gasteiger partial charge in [-0.2, -0.15) is 0 Å². The summed E-state index contributed by atoms with van der Waals surface area (Å²) in [6.45, 7) is 1.95. The summed E-state index contributed by atoms with van der Waals surface area (Å²) < 4.78 is 31.7. The molecule has 0 saturated carbocycles. The maximum atomic E-state index is 12.1. The number of sulfonamides is 1. The minimum atomic E-state index is -3.71. The van der Waals surface area contributed by atoms with Crippen LogP contribution in [0.25, 0.3) is 0 Å². The van der Waals surface area contributed by atoms with Crippen molar-refractivity contribution in [3.63, 3.8) is 0 Å². The van der Waals surface area contributed by atoms with E-state index < -0.39 is 16.0 Å². The van der Waals surface area contributed by atoms with Crippen LogP contribution in [-0.2, 0) is 14.8 Å². The summed E-state index contributed by atoms with van der Waals surface area (Å²) in [6, 6.07) is 7.48. The highest BCUT2D eigenvalue weighted by atomic mass is 32.2. The third-order valence-corrected chi connectivity index (χ3v) is 5.33. The van der Waals surface area contributed by atoms with Gasteiger partial charge in [0.1, 0.15) is 4.21 Å². The molecule has 0 aliphatic rings. The summed E-state index contributed by atoms with van der Waals surface area (Å²) in [5.41, 5.74) is 6.48. The van der Waals surface area contributed by atoms with E-state index in [-0.39, 0.29) is 22.1 Å². The first-order valence-corrected chi connectivity index (χ1v) is 8.42. The van der Waals surface area contributed by atoms with Gasteiger partial charge >= 0.3 is 5.97 Å². The quantitative estimate of drug-likeness (QED) is 0.822. The molecule has 3 N–H and O–H groups in total. The van der Waals surface area contributed by atoms with E-state index in [9.17, 15) is 13.2 Å². The summed E-state index contributed by atoms with van der Waals surface area (Å²) in [5.74, 6) is -0.501. The second-order valence-electron chi connectivity index (χ2n) is 4.11. The molecule has 0 fully saturated rings. The summed E-state index contributed by atoms with van der Waals surface area (Å²) >= 11 is 1.03. The molecular weight excluding hydrogens is 312 g/mol. The van der Waals surface area contributed by atoms with Crippen LogP contribution < -0.4 is 10.5 Å². The fraction of sp³-hybridized carbons (Fsp3) is 0.154. The molecule has 6 nitrogen and oxygen atoms in total. The molecule has 0 spiro atoms. The van der Waals surface area contributed by atoms with Crippen LogP contribution in [0.4, 0.5) is 11.4 Å². The molecule has 0 amide bonds. The van der Waals surface area contributed by atoms with E-state index in [1.165, 1.54) is 12.1 Å². The van der Waals surface area contributed by atoms with Crippen LogP contribution in [0.5, 0.6) is 0 Å². The molecular formula is C13H14N2O4S2. The fourth-order valence-electron chi connectivity index (χ4n) is 1.60. The molecule has 1 aromatic heterocycles. The van der Waals surface area contributed by atoms with Gasteiger partial charge in [0.25, 0.3) is 10.0 Å². The van der Waals surface area contributed by atoms with E-state index >= 15 is 0 Å². The highest BCUT2D eigenvalue weighted by Gasteiger charge is 2.17. The van der Waals surface area contributed by atoms with E-state index in [0.29, 0.717) is 5.69 Å². The van der Waals surface area contributed by atoms with E-state index in [4.69, 9.17) is 10.5 Å². The number of nitrogens with one attached hydrogen (secondary N) is 1. The standard InChI is InChI=1S/C13H14N2O4S2/c1-2-19-13(16)9-4-3-5-11(6-9)15-21(17,18)12-7-10(14)8-20-12/h3-8,15H,2,14H2,1H3. The topological polar surface area (TPSA) is 98.5 Å². The largest absolute Gasteiger partial charge is 0.462 e. The first-order valence-electron chi connectivity index (χ1n) is 6.06. The van der Waals surface area contributed by atoms with Crippen molar-refractivity contribution in [2.75, 3.05) is 17.1 Å². The molecule has 8 heteroatoms. The van der Waals surface area contributed by atoms with E-state index in [1.807, 2.05) is 0 Å². The summed E-state index contributed by atoms with van der Waals surface area (Å²) in [4.78, 5) is 11.6. The van der Waals surface area contributed by atoms with Crippen molar-refractivity contribution in [2.24, 2.45) is 0 Å². The van der Waals surface area contributed by atoms with Crippen LogP contribution in [-0.4, -0.2) is 21.0 Å². The number of hydrogen-bond acceptors (Lipinski definition) is 6. The first kappa shape index (κ1) is 15.3. The Kier molecular flexibility index (Phi) is 4.49.